The van der Waals surface area contributed by atoms with E-state index in [4.69, 9.17) is 5.11 Å². The molecule has 0 amide bonds. The van der Waals surface area contributed by atoms with Crippen LogP contribution < -0.4 is 5.06 Å². The Balaban J connectivity index is 2.83. The molecule has 1 atom stereocenters. The van der Waals surface area contributed by atoms with Crippen LogP contribution in [0, 0.1) is 0 Å². The Hall–Kier alpha value is -1.20. The Morgan fingerprint density at radius 3 is 2.43 bits per heavy atom. The molecular weight excluding hydrogens is 202 g/mol. The van der Waals surface area contributed by atoms with Crippen molar-refractivity contribution in [3.05, 3.63) is 30.3 Å². The number of benzene rings is 1. The first kappa shape index (κ1) is 10.9. The number of carbonyl (C=O) groups is 1. The predicted octanol–water partition coefficient (Wildman–Crippen LogP) is 1.27. The zero-order valence-corrected chi connectivity index (χ0v) is 8.26. The summed E-state index contributed by atoms with van der Waals surface area (Å²) in [5.41, 5.74) is 0.439. The van der Waals surface area contributed by atoms with Crippen molar-refractivity contribution in [3.63, 3.8) is 0 Å². The van der Waals surface area contributed by atoms with E-state index in [2.05, 4.69) is 12.6 Å². The van der Waals surface area contributed by atoms with Gasteiger partial charge in [-0.1, -0.05) is 18.2 Å². The zero-order valence-electron chi connectivity index (χ0n) is 7.37. The number of thiol groups is 1. The van der Waals surface area contributed by atoms with Crippen molar-refractivity contribution in [1.82, 2.24) is 0 Å². The van der Waals surface area contributed by atoms with Crippen molar-refractivity contribution in [2.45, 2.75) is 6.04 Å². The molecule has 0 aliphatic heterocycles. The Morgan fingerprint density at radius 2 is 2.00 bits per heavy atom. The fourth-order valence-corrected chi connectivity index (χ4v) is 1.33. The molecule has 4 nitrogen and oxygen atoms in total. The lowest BCUT2D eigenvalue weighted by molar-refractivity contribution is -0.139. The van der Waals surface area contributed by atoms with E-state index >= 15 is 0 Å². The van der Waals surface area contributed by atoms with Crippen molar-refractivity contribution in [2.75, 3.05) is 10.8 Å². The van der Waals surface area contributed by atoms with E-state index in [1.807, 2.05) is 0 Å². The Bertz CT molecular complexity index is 304. The van der Waals surface area contributed by atoms with Crippen molar-refractivity contribution in [1.29, 1.82) is 0 Å². The van der Waals surface area contributed by atoms with Crippen molar-refractivity contribution >= 4 is 24.3 Å². The summed E-state index contributed by atoms with van der Waals surface area (Å²) in [4.78, 5) is 10.7. The fourth-order valence-electron chi connectivity index (χ4n) is 1.02. The maximum Gasteiger partial charge on any atom is 0.329 e. The van der Waals surface area contributed by atoms with Crippen LogP contribution in [0.3, 0.4) is 0 Å². The van der Waals surface area contributed by atoms with E-state index in [9.17, 15) is 10.0 Å². The maximum atomic E-state index is 10.7. The van der Waals surface area contributed by atoms with Crippen LogP contribution >= 0.6 is 12.6 Å². The number of nitrogens with zero attached hydrogens (tertiary/aromatic N) is 1. The number of rotatable bonds is 4. The molecule has 0 radical (unpaired) electrons. The number of carboxylic acid groups (broad SMARTS) is 1. The van der Waals surface area contributed by atoms with Gasteiger partial charge in [-0.3, -0.25) is 5.21 Å². The van der Waals surface area contributed by atoms with E-state index < -0.39 is 12.0 Å². The summed E-state index contributed by atoms with van der Waals surface area (Å²) in [6, 6.07) is 7.44. The summed E-state index contributed by atoms with van der Waals surface area (Å²) in [6.45, 7) is 0. The molecule has 0 bridgehead atoms. The molecule has 0 spiro atoms. The molecule has 0 unspecified atom stereocenters. The van der Waals surface area contributed by atoms with Crippen LogP contribution in [0.4, 0.5) is 5.69 Å². The summed E-state index contributed by atoms with van der Waals surface area (Å²) >= 11 is 3.86. The molecule has 0 aliphatic carbocycles. The third-order valence-electron chi connectivity index (χ3n) is 1.77. The Morgan fingerprint density at radius 1 is 1.43 bits per heavy atom. The van der Waals surface area contributed by atoms with Gasteiger partial charge in [-0.15, -0.1) is 0 Å². The molecule has 1 aromatic rings. The monoisotopic (exact) mass is 213 g/mol. The number of para-hydroxylation sites is 1. The summed E-state index contributed by atoms with van der Waals surface area (Å²) < 4.78 is 0. The minimum atomic E-state index is -1.11. The third-order valence-corrected chi connectivity index (χ3v) is 2.12. The third kappa shape index (κ3) is 2.40. The first-order valence-corrected chi connectivity index (χ1v) is 4.67. The van der Waals surface area contributed by atoms with E-state index in [1.165, 1.54) is 0 Å². The van der Waals surface area contributed by atoms with Crippen LogP contribution in [0.15, 0.2) is 30.3 Å². The number of hydrogen-bond acceptors (Lipinski definition) is 4. The van der Waals surface area contributed by atoms with Crippen LogP contribution in [-0.2, 0) is 4.79 Å². The van der Waals surface area contributed by atoms with Gasteiger partial charge in [0.05, 0.1) is 5.69 Å². The van der Waals surface area contributed by atoms with Gasteiger partial charge in [-0.05, 0) is 12.1 Å². The normalized spacial score (nSPS) is 12.1. The minimum absolute atomic E-state index is 0.0424. The second-order valence-corrected chi connectivity index (χ2v) is 3.08. The second-order valence-electron chi connectivity index (χ2n) is 2.72. The Labute approximate surface area is 87.1 Å². The standard InChI is InChI=1S/C9H11NO3S/c11-9(12)8(6-14)10(13)7-4-2-1-3-5-7/h1-5,8,13-14H,6H2,(H,11,12)/t8-/m0/s1. The van der Waals surface area contributed by atoms with Crippen LogP contribution in [0.5, 0.6) is 0 Å². The SMILES string of the molecule is O=C(O)[C@H](CS)N(O)c1ccccc1. The topological polar surface area (TPSA) is 60.8 Å². The van der Waals surface area contributed by atoms with Gasteiger partial charge in [0.15, 0.2) is 6.04 Å². The first-order valence-electron chi connectivity index (χ1n) is 4.03. The number of hydrogen-bond donors (Lipinski definition) is 3. The zero-order chi connectivity index (χ0) is 10.6. The van der Waals surface area contributed by atoms with Gasteiger partial charge in [0.2, 0.25) is 0 Å². The summed E-state index contributed by atoms with van der Waals surface area (Å²) in [5.74, 6) is -1.06. The first-order chi connectivity index (χ1) is 6.66. The highest BCUT2D eigenvalue weighted by Gasteiger charge is 2.22. The largest absolute Gasteiger partial charge is 0.480 e. The molecular formula is C9H11NO3S. The van der Waals surface area contributed by atoms with Gasteiger partial charge in [0, 0.05) is 5.75 Å². The summed E-state index contributed by atoms with van der Waals surface area (Å²) in [5, 5.41) is 19.0. The van der Waals surface area contributed by atoms with Crippen molar-refractivity contribution in [3.8, 4) is 0 Å². The lowest BCUT2D eigenvalue weighted by Gasteiger charge is -2.22. The minimum Gasteiger partial charge on any atom is -0.480 e. The van der Waals surface area contributed by atoms with E-state index in [-0.39, 0.29) is 5.75 Å². The molecule has 0 saturated carbocycles. The van der Waals surface area contributed by atoms with E-state index in [0.717, 1.165) is 0 Å². The van der Waals surface area contributed by atoms with E-state index in [1.54, 1.807) is 30.3 Å². The molecule has 0 aliphatic rings. The molecule has 76 valence electrons. The van der Waals surface area contributed by atoms with Gasteiger partial charge < -0.3 is 5.11 Å². The number of hydroxylamine groups is 1. The highest BCUT2D eigenvalue weighted by Crippen LogP contribution is 2.14. The predicted molar refractivity (Wildman–Crippen MR) is 56.0 cm³/mol. The molecule has 1 rings (SSSR count). The number of aliphatic carboxylic acids is 1. The molecule has 1 aromatic carbocycles. The van der Waals surface area contributed by atoms with Gasteiger partial charge in [-0.2, -0.15) is 12.6 Å². The van der Waals surface area contributed by atoms with Crippen LogP contribution in [0.1, 0.15) is 0 Å². The lowest BCUT2D eigenvalue weighted by Crippen LogP contribution is -2.40. The molecule has 0 aromatic heterocycles. The summed E-state index contributed by atoms with van der Waals surface area (Å²) in [7, 11) is 0. The molecule has 0 saturated heterocycles. The van der Waals surface area contributed by atoms with E-state index in [0.29, 0.717) is 10.8 Å². The van der Waals surface area contributed by atoms with Gasteiger partial charge >= 0.3 is 5.97 Å². The van der Waals surface area contributed by atoms with Crippen LogP contribution in [0.25, 0.3) is 0 Å². The van der Waals surface area contributed by atoms with Gasteiger partial charge in [-0.25, -0.2) is 9.86 Å². The number of anilines is 1. The van der Waals surface area contributed by atoms with Crippen molar-refractivity contribution < 1.29 is 15.1 Å². The highest BCUT2D eigenvalue weighted by molar-refractivity contribution is 7.80. The molecule has 2 N–H and O–H groups in total. The smallest absolute Gasteiger partial charge is 0.329 e. The summed E-state index contributed by atoms with van der Waals surface area (Å²) in [6.07, 6.45) is 0. The molecule has 0 fully saturated rings. The molecule has 14 heavy (non-hydrogen) atoms. The van der Waals surface area contributed by atoms with Crippen molar-refractivity contribution in [2.24, 2.45) is 0 Å². The van der Waals surface area contributed by atoms with Gasteiger partial charge in [0.1, 0.15) is 0 Å². The Kier molecular flexibility index (Phi) is 3.79. The van der Waals surface area contributed by atoms with Crippen LogP contribution in [-0.4, -0.2) is 28.1 Å². The average molecular weight is 213 g/mol. The fraction of sp³-hybridized carbons (Fsp3) is 0.222. The number of carboxylic acids is 1. The second kappa shape index (κ2) is 4.88. The molecule has 0 heterocycles. The lowest BCUT2D eigenvalue weighted by atomic mass is 10.2. The quantitative estimate of drug-likeness (QED) is 0.520. The average Bonchev–Trinajstić information content (AvgIpc) is 2.19. The van der Waals surface area contributed by atoms with Crippen LogP contribution in [0.2, 0.25) is 0 Å². The van der Waals surface area contributed by atoms with Gasteiger partial charge in [0.25, 0.3) is 0 Å². The maximum absolute atomic E-state index is 10.7. The molecule has 5 heteroatoms. The highest BCUT2D eigenvalue weighted by atomic mass is 32.1.